The fraction of sp³-hybridized carbons (Fsp3) is 0.500. The number of benzene rings is 2. The number of likely N-dealkylation sites (tertiary alicyclic amines) is 2. The molecule has 246 valence electrons. The van der Waals surface area contributed by atoms with Crippen molar-refractivity contribution in [1.29, 1.82) is 0 Å². The molecule has 0 aliphatic carbocycles. The van der Waals surface area contributed by atoms with Gasteiger partial charge in [0, 0.05) is 48.6 Å². The molecule has 2 aliphatic heterocycles. The van der Waals surface area contributed by atoms with Crippen LogP contribution in [0.25, 0.3) is 33.5 Å². The maximum Gasteiger partial charge on any atom is 0.240 e. The van der Waals surface area contributed by atoms with Crippen LogP contribution in [0.15, 0.2) is 36.4 Å². The third-order valence-corrected chi connectivity index (χ3v) is 9.70. The first-order valence-electron chi connectivity index (χ1n) is 16.2. The zero-order valence-electron chi connectivity index (χ0n) is 26.5. The number of amides is 2. The van der Waals surface area contributed by atoms with Crippen LogP contribution in [0.1, 0.15) is 52.0 Å². The SMILES string of the molecule is CCC(N)C(=O)N1C[C@@H](F)C[C@H]1Cc1c(-c2nc3cc(F)ccc3n2C[C@@H]2CCCN2C(=O)C(N)C(C)C)[nH]c2cc(F)ccc12. The number of aromatic nitrogens is 3. The van der Waals surface area contributed by atoms with Crippen LogP contribution >= 0.6 is 0 Å². The van der Waals surface area contributed by atoms with E-state index in [-0.39, 0.29) is 43.2 Å². The molecule has 0 saturated carbocycles. The average molecular weight is 638 g/mol. The van der Waals surface area contributed by atoms with Crippen LogP contribution in [0.4, 0.5) is 13.2 Å². The smallest absolute Gasteiger partial charge is 0.240 e. The fourth-order valence-corrected chi connectivity index (χ4v) is 7.06. The number of halogens is 3. The number of carbonyl (C=O) groups excluding carboxylic acids is 2. The van der Waals surface area contributed by atoms with Crippen molar-refractivity contribution >= 4 is 33.8 Å². The summed E-state index contributed by atoms with van der Waals surface area (Å²) in [5, 5.41) is 0.719. The Morgan fingerprint density at radius 2 is 1.78 bits per heavy atom. The van der Waals surface area contributed by atoms with Gasteiger partial charge in [0.15, 0.2) is 5.82 Å². The largest absolute Gasteiger partial charge is 0.352 e. The molecule has 2 amide bonds. The van der Waals surface area contributed by atoms with Gasteiger partial charge in [0.2, 0.25) is 11.8 Å². The first-order chi connectivity index (χ1) is 22.0. The number of H-pyrrole nitrogens is 1. The number of aromatic amines is 1. The van der Waals surface area contributed by atoms with Crippen molar-refractivity contribution in [2.24, 2.45) is 17.4 Å². The molecule has 2 aromatic heterocycles. The lowest BCUT2D eigenvalue weighted by Crippen LogP contribution is -2.49. The van der Waals surface area contributed by atoms with Crippen molar-refractivity contribution in [2.75, 3.05) is 13.1 Å². The topological polar surface area (TPSA) is 126 Å². The van der Waals surface area contributed by atoms with E-state index in [2.05, 4.69) is 4.98 Å². The van der Waals surface area contributed by atoms with Crippen LogP contribution in [0.3, 0.4) is 0 Å². The molecule has 5 atom stereocenters. The molecule has 0 bridgehead atoms. The molecule has 2 fully saturated rings. The highest BCUT2D eigenvalue weighted by Gasteiger charge is 2.39. The van der Waals surface area contributed by atoms with Crippen LogP contribution in [-0.2, 0) is 22.6 Å². The summed E-state index contributed by atoms with van der Waals surface area (Å²) < 4.78 is 45.8. The Balaban J connectivity index is 1.46. The van der Waals surface area contributed by atoms with E-state index in [0.717, 1.165) is 23.8 Å². The van der Waals surface area contributed by atoms with Gasteiger partial charge in [0.05, 0.1) is 35.4 Å². The van der Waals surface area contributed by atoms with Gasteiger partial charge in [-0.05, 0) is 67.5 Å². The second-order valence-electron chi connectivity index (χ2n) is 13.1. The second-order valence-corrected chi connectivity index (χ2v) is 13.1. The number of alkyl halides is 1. The second kappa shape index (κ2) is 12.7. The zero-order chi connectivity index (χ0) is 32.9. The maximum absolute atomic E-state index is 14.9. The van der Waals surface area contributed by atoms with Crippen LogP contribution in [0.5, 0.6) is 0 Å². The summed E-state index contributed by atoms with van der Waals surface area (Å²) in [6, 6.07) is 6.83. The van der Waals surface area contributed by atoms with E-state index >= 15 is 0 Å². The lowest BCUT2D eigenvalue weighted by molar-refractivity contribution is -0.135. The molecule has 6 rings (SSSR count). The summed E-state index contributed by atoms with van der Waals surface area (Å²) in [5.41, 5.74) is 15.3. The molecule has 4 aromatic rings. The molecular formula is C34H42F3N7O2. The molecule has 2 aliphatic rings. The van der Waals surface area contributed by atoms with E-state index in [0.29, 0.717) is 47.6 Å². The molecule has 0 spiro atoms. The Morgan fingerprint density at radius 3 is 2.52 bits per heavy atom. The van der Waals surface area contributed by atoms with Crippen molar-refractivity contribution in [3.63, 3.8) is 0 Å². The minimum atomic E-state index is -1.19. The number of carbonyl (C=O) groups is 2. The Kier molecular flexibility index (Phi) is 8.86. The van der Waals surface area contributed by atoms with Gasteiger partial charge < -0.3 is 30.8 Å². The van der Waals surface area contributed by atoms with Crippen molar-refractivity contribution in [3.05, 3.63) is 53.6 Å². The van der Waals surface area contributed by atoms with Crippen LogP contribution in [0.2, 0.25) is 0 Å². The molecule has 4 heterocycles. The lowest BCUT2D eigenvalue weighted by atomic mass is 9.99. The normalized spacial score (nSPS) is 21.6. The third kappa shape index (κ3) is 5.88. The monoisotopic (exact) mass is 637 g/mol. The zero-order valence-corrected chi connectivity index (χ0v) is 26.5. The van der Waals surface area contributed by atoms with Crippen molar-refractivity contribution in [2.45, 2.75) is 89.8 Å². The molecule has 2 unspecified atom stereocenters. The summed E-state index contributed by atoms with van der Waals surface area (Å²) in [5.74, 6) is -0.808. The van der Waals surface area contributed by atoms with Gasteiger partial charge in [-0.3, -0.25) is 9.59 Å². The summed E-state index contributed by atoms with van der Waals surface area (Å²) in [4.78, 5) is 38.2. The van der Waals surface area contributed by atoms with Gasteiger partial charge in [0.1, 0.15) is 17.8 Å². The predicted molar refractivity (Wildman–Crippen MR) is 171 cm³/mol. The first kappa shape index (κ1) is 32.1. The summed E-state index contributed by atoms with van der Waals surface area (Å²) in [7, 11) is 0. The Labute approximate surface area is 266 Å². The minimum absolute atomic E-state index is 0.0199. The number of hydrogen-bond donors (Lipinski definition) is 3. The van der Waals surface area contributed by atoms with Crippen LogP contribution in [0, 0.1) is 17.6 Å². The van der Waals surface area contributed by atoms with E-state index in [1.165, 1.54) is 29.2 Å². The molecule has 0 radical (unpaired) electrons. The number of nitrogens with one attached hydrogen (secondary N) is 1. The van der Waals surface area contributed by atoms with E-state index < -0.39 is 35.9 Å². The first-order valence-corrected chi connectivity index (χ1v) is 16.2. The van der Waals surface area contributed by atoms with E-state index in [1.807, 2.05) is 30.2 Å². The highest BCUT2D eigenvalue weighted by atomic mass is 19.1. The minimum Gasteiger partial charge on any atom is -0.352 e. The average Bonchev–Trinajstić information content (AvgIpc) is 3.80. The maximum atomic E-state index is 14.9. The molecular weight excluding hydrogens is 595 g/mol. The van der Waals surface area contributed by atoms with E-state index in [9.17, 15) is 22.8 Å². The number of rotatable bonds is 9. The molecule has 2 aromatic carbocycles. The molecule has 9 nitrogen and oxygen atoms in total. The Bertz CT molecular complexity index is 1770. The predicted octanol–water partition coefficient (Wildman–Crippen LogP) is 4.66. The van der Waals surface area contributed by atoms with Crippen LogP contribution < -0.4 is 11.5 Å². The standard InChI is InChI=1S/C34H42F3N7O2/c1-4-26(38)33(45)43-16-21(37)12-23(43)15-25-24-9-7-19(35)13-27(24)40-31(25)32-41-28-14-20(36)8-10-29(28)44(32)17-22-6-5-11-42(22)34(46)30(39)18(2)3/h7-10,13-14,18,21-23,26,30,40H,4-6,11-12,15-17,38-39H2,1-3H3/t21-,22-,23-,26?,30?/m0/s1. The number of nitrogens with zero attached hydrogens (tertiary/aromatic N) is 4. The van der Waals surface area contributed by atoms with Crippen molar-refractivity contribution in [1.82, 2.24) is 24.3 Å². The number of hydrogen-bond acceptors (Lipinski definition) is 5. The highest BCUT2D eigenvalue weighted by Crippen LogP contribution is 2.37. The van der Waals surface area contributed by atoms with Gasteiger partial charge in [-0.1, -0.05) is 20.8 Å². The molecule has 12 heteroatoms. The number of nitrogens with two attached hydrogens (primary N) is 2. The Hall–Kier alpha value is -3.90. The van der Waals surface area contributed by atoms with Gasteiger partial charge in [-0.15, -0.1) is 0 Å². The molecule has 2 saturated heterocycles. The summed E-state index contributed by atoms with van der Waals surface area (Å²) >= 11 is 0. The van der Waals surface area contributed by atoms with Gasteiger partial charge in [0.25, 0.3) is 0 Å². The summed E-state index contributed by atoms with van der Waals surface area (Å²) in [6.45, 7) is 6.59. The van der Waals surface area contributed by atoms with Gasteiger partial charge >= 0.3 is 0 Å². The van der Waals surface area contributed by atoms with Crippen molar-refractivity contribution < 1.29 is 22.8 Å². The molecule has 46 heavy (non-hydrogen) atoms. The van der Waals surface area contributed by atoms with E-state index in [1.54, 1.807) is 12.1 Å². The summed E-state index contributed by atoms with van der Waals surface area (Å²) in [6.07, 6.45) is 1.24. The van der Waals surface area contributed by atoms with Gasteiger partial charge in [-0.2, -0.15) is 0 Å². The quantitative estimate of drug-likeness (QED) is 0.246. The molecule has 5 N–H and O–H groups in total. The van der Waals surface area contributed by atoms with Crippen LogP contribution in [-0.4, -0.2) is 79.6 Å². The lowest BCUT2D eigenvalue weighted by Gasteiger charge is -2.29. The van der Waals surface area contributed by atoms with Crippen molar-refractivity contribution in [3.8, 4) is 11.5 Å². The fourth-order valence-electron chi connectivity index (χ4n) is 7.06. The Morgan fingerprint density at radius 1 is 1.04 bits per heavy atom. The van der Waals surface area contributed by atoms with Gasteiger partial charge in [-0.25, -0.2) is 18.2 Å². The number of imidazole rings is 1. The highest BCUT2D eigenvalue weighted by molar-refractivity contribution is 5.92. The van der Waals surface area contributed by atoms with E-state index in [4.69, 9.17) is 16.5 Å². The third-order valence-electron chi connectivity index (χ3n) is 9.70. The number of fused-ring (bicyclic) bond motifs is 2.